The second-order valence-electron chi connectivity index (χ2n) is 6.53. The number of nitrogens with zero attached hydrogens (tertiary/aromatic N) is 3. The van der Waals surface area contributed by atoms with Crippen LogP contribution in [0.4, 0.5) is 4.39 Å². The molecule has 3 rings (SSSR count). The average molecular weight is 357 g/mol. The van der Waals surface area contributed by atoms with Crippen LogP contribution in [-0.4, -0.2) is 46.6 Å². The van der Waals surface area contributed by atoms with Gasteiger partial charge in [-0.25, -0.2) is 4.39 Å². The predicted octanol–water partition coefficient (Wildman–Crippen LogP) is 2.72. The molecule has 2 aromatic rings. The van der Waals surface area contributed by atoms with Crippen LogP contribution in [0, 0.1) is 12.7 Å². The van der Waals surface area contributed by atoms with Crippen molar-refractivity contribution in [3.8, 4) is 0 Å². The summed E-state index contributed by atoms with van der Waals surface area (Å²) in [6.45, 7) is 3.61. The second kappa shape index (κ2) is 8.85. The molecule has 1 saturated heterocycles. The Morgan fingerprint density at radius 2 is 2.08 bits per heavy atom. The highest BCUT2D eigenvalue weighted by atomic mass is 19.1. The molecule has 0 saturated carbocycles. The molecule has 1 aromatic carbocycles. The van der Waals surface area contributed by atoms with Crippen molar-refractivity contribution in [3.05, 3.63) is 59.4 Å². The summed E-state index contributed by atoms with van der Waals surface area (Å²) in [5, 5.41) is 0. The lowest BCUT2D eigenvalue weighted by atomic mass is 10.0. The van der Waals surface area contributed by atoms with Gasteiger partial charge in [-0.2, -0.15) is 0 Å². The Balaban J connectivity index is 1.58. The first-order valence-corrected chi connectivity index (χ1v) is 9.02. The Hall–Kier alpha value is -2.34. The number of aromatic nitrogens is 2. The van der Waals surface area contributed by atoms with E-state index in [1.165, 1.54) is 6.07 Å². The van der Waals surface area contributed by atoms with Crippen LogP contribution in [0.1, 0.15) is 29.8 Å². The van der Waals surface area contributed by atoms with Crippen LogP contribution in [0.5, 0.6) is 0 Å². The zero-order valence-electron chi connectivity index (χ0n) is 15.0. The van der Waals surface area contributed by atoms with Gasteiger partial charge < -0.3 is 9.64 Å². The van der Waals surface area contributed by atoms with E-state index in [0.29, 0.717) is 38.2 Å². The summed E-state index contributed by atoms with van der Waals surface area (Å²) in [5.41, 5.74) is 2.46. The van der Waals surface area contributed by atoms with Crippen LogP contribution in [-0.2, 0) is 22.4 Å². The largest absolute Gasteiger partial charge is 0.377 e. The molecule has 1 aromatic heterocycles. The highest BCUT2D eigenvalue weighted by Gasteiger charge is 2.27. The van der Waals surface area contributed by atoms with Crippen LogP contribution >= 0.6 is 0 Å². The number of benzene rings is 1. The van der Waals surface area contributed by atoms with Crippen molar-refractivity contribution < 1.29 is 13.9 Å². The first-order valence-electron chi connectivity index (χ1n) is 9.02. The Kier molecular flexibility index (Phi) is 6.28. The third-order valence-electron chi connectivity index (χ3n) is 4.81. The summed E-state index contributed by atoms with van der Waals surface area (Å²) in [6.07, 6.45) is 5.63. The van der Waals surface area contributed by atoms with Gasteiger partial charge in [0.25, 0.3) is 0 Å². The van der Waals surface area contributed by atoms with E-state index in [1.807, 2.05) is 11.8 Å². The predicted molar refractivity (Wildman–Crippen MR) is 96.1 cm³/mol. The minimum absolute atomic E-state index is 0.0262. The normalized spacial score (nSPS) is 17.3. The van der Waals surface area contributed by atoms with Gasteiger partial charge in [-0.1, -0.05) is 18.2 Å². The van der Waals surface area contributed by atoms with E-state index >= 15 is 0 Å². The van der Waals surface area contributed by atoms with Gasteiger partial charge in [-0.05, 0) is 37.8 Å². The van der Waals surface area contributed by atoms with Crippen molar-refractivity contribution in [2.75, 3.05) is 19.8 Å². The Bertz CT molecular complexity index is 753. The number of carbonyl (C=O) groups is 1. The van der Waals surface area contributed by atoms with Gasteiger partial charge in [0.1, 0.15) is 5.82 Å². The summed E-state index contributed by atoms with van der Waals surface area (Å²) < 4.78 is 19.3. The summed E-state index contributed by atoms with van der Waals surface area (Å²) in [6, 6.07) is 6.64. The molecule has 5 nitrogen and oxygen atoms in total. The fourth-order valence-corrected chi connectivity index (χ4v) is 3.29. The average Bonchev–Trinajstić information content (AvgIpc) is 2.67. The highest BCUT2D eigenvalue weighted by molar-refractivity contribution is 5.77. The van der Waals surface area contributed by atoms with Gasteiger partial charge in [-0.3, -0.25) is 14.8 Å². The maximum Gasteiger partial charge on any atom is 0.223 e. The lowest BCUT2D eigenvalue weighted by Gasteiger charge is -2.36. The van der Waals surface area contributed by atoms with Gasteiger partial charge in [0.05, 0.1) is 30.6 Å². The van der Waals surface area contributed by atoms with E-state index in [4.69, 9.17) is 4.74 Å². The van der Waals surface area contributed by atoms with E-state index in [9.17, 15) is 9.18 Å². The van der Waals surface area contributed by atoms with Crippen molar-refractivity contribution in [2.45, 2.75) is 38.6 Å². The zero-order chi connectivity index (χ0) is 18.4. The molecule has 0 N–H and O–H groups in total. The molecule has 0 radical (unpaired) electrons. The van der Waals surface area contributed by atoms with E-state index < -0.39 is 0 Å². The molecule has 26 heavy (non-hydrogen) atoms. The Labute approximate surface area is 153 Å². The topological polar surface area (TPSA) is 55.3 Å². The molecule has 1 aliphatic heterocycles. The molecule has 1 atom stereocenters. The molecule has 0 bridgehead atoms. The molecular weight excluding hydrogens is 333 g/mol. The summed E-state index contributed by atoms with van der Waals surface area (Å²) in [7, 11) is 0. The Morgan fingerprint density at radius 1 is 1.27 bits per heavy atom. The fraction of sp³-hybridized carbons (Fsp3) is 0.450. The summed E-state index contributed by atoms with van der Waals surface area (Å²) in [5.74, 6) is -0.200. The zero-order valence-corrected chi connectivity index (χ0v) is 15.0. The molecule has 2 heterocycles. The third-order valence-corrected chi connectivity index (χ3v) is 4.81. The lowest BCUT2D eigenvalue weighted by Crippen LogP contribution is -2.49. The molecule has 1 fully saturated rings. The molecule has 0 aliphatic carbocycles. The standard InChI is InChI=1S/C20H24FN3O2/c1-15-19(23-11-10-22-15)8-7-17-14-26-13-12-24(17)20(25)9-6-16-4-2-3-5-18(16)21/h2-5,10-11,17H,6-9,12-14H2,1H3/t17-/m0/s1. The van der Waals surface area contributed by atoms with Crippen molar-refractivity contribution in [3.63, 3.8) is 0 Å². The number of carbonyl (C=O) groups excluding carboxylic acids is 1. The third kappa shape index (κ3) is 4.64. The van der Waals surface area contributed by atoms with Gasteiger partial charge in [0.15, 0.2) is 0 Å². The number of morpholine rings is 1. The van der Waals surface area contributed by atoms with Crippen LogP contribution < -0.4 is 0 Å². The van der Waals surface area contributed by atoms with Crippen LogP contribution in [0.3, 0.4) is 0 Å². The number of amides is 1. The molecule has 0 spiro atoms. The number of hydrogen-bond donors (Lipinski definition) is 0. The number of hydrogen-bond acceptors (Lipinski definition) is 4. The highest BCUT2D eigenvalue weighted by Crippen LogP contribution is 2.17. The van der Waals surface area contributed by atoms with Crippen molar-refractivity contribution in [2.24, 2.45) is 0 Å². The van der Waals surface area contributed by atoms with Gasteiger partial charge >= 0.3 is 0 Å². The van der Waals surface area contributed by atoms with Crippen LogP contribution in [0.25, 0.3) is 0 Å². The molecule has 6 heteroatoms. The maximum absolute atomic E-state index is 13.7. The minimum atomic E-state index is -0.253. The molecule has 0 unspecified atom stereocenters. The molecular formula is C20H24FN3O2. The number of ether oxygens (including phenoxy) is 1. The van der Waals surface area contributed by atoms with Crippen molar-refractivity contribution in [1.82, 2.24) is 14.9 Å². The van der Waals surface area contributed by atoms with E-state index in [1.54, 1.807) is 30.6 Å². The first kappa shape index (κ1) is 18.5. The first-order chi connectivity index (χ1) is 12.6. The van der Waals surface area contributed by atoms with Crippen LogP contribution in [0.2, 0.25) is 0 Å². The van der Waals surface area contributed by atoms with E-state index in [-0.39, 0.29) is 17.8 Å². The minimum Gasteiger partial charge on any atom is -0.377 e. The van der Waals surface area contributed by atoms with E-state index in [0.717, 1.165) is 24.2 Å². The van der Waals surface area contributed by atoms with E-state index in [2.05, 4.69) is 9.97 Å². The number of rotatable bonds is 6. The smallest absolute Gasteiger partial charge is 0.223 e. The SMILES string of the molecule is Cc1nccnc1CC[C@H]1COCCN1C(=O)CCc1ccccc1F. The quantitative estimate of drug-likeness (QED) is 0.798. The molecule has 1 amide bonds. The monoisotopic (exact) mass is 357 g/mol. The maximum atomic E-state index is 13.7. The molecule has 1 aliphatic rings. The van der Waals surface area contributed by atoms with Gasteiger partial charge in [0.2, 0.25) is 5.91 Å². The number of aryl methyl sites for hydroxylation is 3. The molecule has 138 valence electrons. The number of halogens is 1. The van der Waals surface area contributed by atoms with Gasteiger partial charge in [-0.15, -0.1) is 0 Å². The van der Waals surface area contributed by atoms with Crippen LogP contribution in [0.15, 0.2) is 36.7 Å². The Morgan fingerprint density at radius 3 is 2.88 bits per heavy atom. The van der Waals surface area contributed by atoms with Crippen molar-refractivity contribution in [1.29, 1.82) is 0 Å². The summed E-state index contributed by atoms with van der Waals surface area (Å²) >= 11 is 0. The lowest BCUT2D eigenvalue weighted by molar-refractivity contribution is -0.140. The summed E-state index contributed by atoms with van der Waals surface area (Å²) in [4.78, 5) is 23.2. The van der Waals surface area contributed by atoms with Gasteiger partial charge in [0, 0.05) is 25.4 Å². The fourth-order valence-electron chi connectivity index (χ4n) is 3.29. The van der Waals surface area contributed by atoms with Crippen molar-refractivity contribution >= 4 is 5.91 Å². The second-order valence-corrected chi connectivity index (χ2v) is 6.53.